The fraction of sp³-hybridized carbons (Fsp3) is 0.400. The summed E-state index contributed by atoms with van der Waals surface area (Å²) in [5.41, 5.74) is 7.40. The molecule has 0 saturated carbocycles. The molecule has 3 heterocycles. The maximum atomic E-state index is 12.6. The van der Waals surface area contributed by atoms with Crippen LogP contribution < -0.4 is 15.8 Å². The molecule has 30 heavy (non-hydrogen) atoms. The molecule has 2 aromatic heterocycles. The standard InChI is InChI=1S/C20H24N6O3S/c1-3-16-22-14-6-4-5-7-15(14)26(16)12-17(27)23-24-19(28)18-13(2)21-20(30-18)25-8-10-29-11-9-25/h4-7H,3,8-12H2,1-2H3,(H,23,27)(H,24,28). The molecule has 0 bridgehead atoms. The van der Waals surface area contributed by atoms with Crippen molar-refractivity contribution in [3.8, 4) is 0 Å². The number of rotatable bonds is 5. The van der Waals surface area contributed by atoms with Gasteiger partial charge in [-0.15, -0.1) is 0 Å². The number of amides is 2. The highest BCUT2D eigenvalue weighted by molar-refractivity contribution is 7.17. The predicted octanol–water partition coefficient (Wildman–Crippen LogP) is 1.66. The average Bonchev–Trinajstić information content (AvgIpc) is 3.33. The summed E-state index contributed by atoms with van der Waals surface area (Å²) in [6.07, 6.45) is 0.707. The van der Waals surface area contributed by atoms with Crippen molar-refractivity contribution in [3.63, 3.8) is 0 Å². The minimum Gasteiger partial charge on any atom is -0.378 e. The predicted molar refractivity (Wildman–Crippen MR) is 115 cm³/mol. The Morgan fingerprint density at radius 2 is 1.93 bits per heavy atom. The molecule has 0 spiro atoms. The Labute approximate surface area is 178 Å². The number of anilines is 1. The summed E-state index contributed by atoms with van der Waals surface area (Å²) in [5, 5.41) is 0.796. The first-order valence-corrected chi connectivity index (χ1v) is 10.7. The van der Waals surface area contributed by atoms with Gasteiger partial charge >= 0.3 is 0 Å². The van der Waals surface area contributed by atoms with Crippen LogP contribution in [0.5, 0.6) is 0 Å². The second kappa shape index (κ2) is 8.80. The lowest BCUT2D eigenvalue weighted by atomic mass is 10.3. The molecule has 1 saturated heterocycles. The number of nitrogens with zero attached hydrogens (tertiary/aromatic N) is 4. The Balaban J connectivity index is 1.40. The van der Waals surface area contributed by atoms with Gasteiger partial charge < -0.3 is 14.2 Å². The zero-order valence-electron chi connectivity index (χ0n) is 17.0. The Morgan fingerprint density at radius 1 is 1.17 bits per heavy atom. The van der Waals surface area contributed by atoms with Gasteiger partial charge in [0.05, 0.1) is 29.9 Å². The van der Waals surface area contributed by atoms with Crippen LogP contribution in [0.2, 0.25) is 0 Å². The number of ether oxygens (including phenoxy) is 1. The molecule has 9 nitrogen and oxygen atoms in total. The number of aryl methyl sites for hydroxylation is 2. The zero-order chi connectivity index (χ0) is 21.1. The van der Waals surface area contributed by atoms with Crippen molar-refractivity contribution in [1.82, 2.24) is 25.4 Å². The van der Waals surface area contributed by atoms with Gasteiger partial charge in [0.1, 0.15) is 17.2 Å². The van der Waals surface area contributed by atoms with E-state index in [0.717, 1.165) is 35.1 Å². The highest BCUT2D eigenvalue weighted by Gasteiger charge is 2.21. The molecule has 1 aliphatic rings. The van der Waals surface area contributed by atoms with E-state index in [1.807, 2.05) is 35.8 Å². The first-order valence-electron chi connectivity index (χ1n) is 9.90. The molecule has 0 radical (unpaired) electrons. The molecular weight excluding hydrogens is 404 g/mol. The summed E-state index contributed by atoms with van der Waals surface area (Å²) in [4.78, 5) is 36.7. The number of fused-ring (bicyclic) bond motifs is 1. The number of para-hydroxylation sites is 2. The highest BCUT2D eigenvalue weighted by Crippen LogP contribution is 2.26. The summed E-state index contributed by atoms with van der Waals surface area (Å²) < 4.78 is 7.23. The first-order chi connectivity index (χ1) is 14.6. The molecule has 0 unspecified atom stereocenters. The fourth-order valence-corrected chi connectivity index (χ4v) is 4.43. The van der Waals surface area contributed by atoms with Gasteiger partial charge in [0.15, 0.2) is 5.13 Å². The Kier molecular flexibility index (Phi) is 5.96. The van der Waals surface area contributed by atoms with Gasteiger partial charge in [0.25, 0.3) is 11.8 Å². The molecule has 1 fully saturated rings. The minimum atomic E-state index is -0.371. The maximum Gasteiger partial charge on any atom is 0.281 e. The molecule has 10 heteroatoms. The van der Waals surface area contributed by atoms with E-state index in [-0.39, 0.29) is 18.4 Å². The SMILES string of the molecule is CCc1nc2ccccc2n1CC(=O)NNC(=O)c1sc(N2CCOCC2)nc1C. The Hall–Kier alpha value is -2.98. The van der Waals surface area contributed by atoms with Gasteiger partial charge in [0, 0.05) is 19.5 Å². The quantitative estimate of drug-likeness (QED) is 0.600. The van der Waals surface area contributed by atoms with Gasteiger partial charge in [-0.2, -0.15) is 0 Å². The fourth-order valence-electron chi connectivity index (χ4n) is 3.42. The lowest BCUT2D eigenvalue weighted by molar-refractivity contribution is -0.122. The van der Waals surface area contributed by atoms with Crippen LogP contribution in [0.4, 0.5) is 5.13 Å². The van der Waals surface area contributed by atoms with Gasteiger partial charge in [0.2, 0.25) is 0 Å². The van der Waals surface area contributed by atoms with Crippen molar-refractivity contribution in [2.45, 2.75) is 26.8 Å². The normalized spacial score (nSPS) is 14.1. The van der Waals surface area contributed by atoms with Crippen LogP contribution in [0.25, 0.3) is 11.0 Å². The lowest BCUT2D eigenvalue weighted by Gasteiger charge is -2.25. The summed E-state index contributed by atoms with van der Waals surface area (Å²) >= 11 is 1.32. The van der Waals surface area contributed by atoms with Crippen LogP contribution in [-0.4, -0.2) is 52.7 Å². The molecule has 0 atom stereocenters. The Bertz CT molecular complexity index is 1070. The van der Waals surface area contributed by atoms with E-state index < -0.39 is 0 Å². The molecular formula is C20H24N6O3S. The summed E-state index contributed by atoms with van der Waals surface area (Å²) in [7, 11) is 0. The monoisotopic (exact) mass is 428 g/mol. The number of aromatic nitrogens is 3. The van der Waals surface area contributed by atoms with E-state index in [0.29, 0.717) is 30.2 Å². The van der Waals surface area contributed by atoms with Crippen LogP contribution in [-0.2, 0) is 22.5 Å². The van der Waals surface area contributed by atoms with Crippen LogP contribution in [0.1, 0.15) is 28.1 Å². The van der Waals surface area contributed by atoms with Gasteiger partial charge in [-0.05, 0) is 19.1 Å². The largest absolute Gasteiger partial charge is 0.378 e. The van der Waals surface area contributed by atoms with Crippen molar-refractivity contribution in [3.05, 3.63) is 40.7 Å². The number of thiazole rings is 1. The van der Waals surface area contributed by atoms with Gasteiger partial charge in [-0.25, -0.2) is 9.97 Å². The van der Waals surface area contributed by atoms with E-state index in [2.05, 4.69) is 25.7 Å². The van der Waals surface area contributed by atoms with Crippen molar-refractivity contribution in [2.75, 3.05) is 31.2 Å². The molecule has 4 rings (SSSR count). The second-order valence-corrected chi connectivity index (χ2v) is 7.95. The zero-order valence-corrected chi connectivity index (χ0v) is 17.8. The van der Waals surface area contributed by atoms with E-state index in [1.54, 1.807) is 6.92 Å². The number of hydrogen-bond donors (Lipinski definition) is 2. The van der Waals surface area contributed by atoms with Crippen LogP contribution in [0.3, 0.4) is 0 Å². The number of carbonyl (C=O) groups excluding carboxylic acids is 2. The van der Waals surface area contributed by atoms with Crippen molar-refractivity contribution in [2.24, 2.45) is 0 Å². The summed E-state index contributed by atoms with van der Waals surface area (Å²) in [6, 6.07) is 7.69. The number of morpholine rings is 1. The number of carbonyl (C=O) groups is 2. The number of hydrogen-bond acceptors (Lipinski definition) is 7. The minimum absolute atomic E-state index is 0.0741. The molecule has 0 aliphatic carbocycles. The number of nitrogens with one attached hydrogen (secondary N) is 2. The van der Waals surface area contributed by atoms with E-state index in [1.165, 1.54) is 11.3 Å². The smallest absolute Gasteiger partial charge is 0.281 e. The van der Waals surface area contributed by atoms with Gasteiger partial charge in [-0.3, -0.25) is 20.4 Å². The van der Waals surface area contributed by atoms with Crippen molar-refractivity contribution >= 4 is 39.3 Å². The average molecular weight is 429 g/mol. The van der Waals surface area contributed by atoms with E-state index in [9.17, 15) is 9.59 Å². The summed E-state index contributed by atoms with van der Waals surface area (Å²) in [5.74, 6) is 0.131. The lowest BCUT2D eigenvalue weighted by Crippen LogP contribution is -2.43. The molecule has 2 amide bonds. The number of hydrazine groups is 1. The van der Waals surface area contributed by atoms with Crippen molar-refractivity contribution < 1.29 is 14.3 Å². The second-order valence-electron chi connectivity index (χ2n) is 6.97. The van der Waals surface area contributed by atoms with E-state index >= 15 is 0 Å². The Morgan fingerprint density at radius 3 is 2.70 bits per heavy atom. The van der Waals surface area contributed by atoms with Crippen molar-refractivity contribution in [1.29, 1.82) is 0 Å². The van der Waals surface area contributed by atoms with Gasteiger partial charge in [-0.1, -0.05) is 30.4 Å². The first kappa shape index (κ1) is 20.3. The summed E-state index contributed by atoms with van der Waals surface area (Å²) in [6.45, 7) is 6.67. The molecule has 158 valence electrons. The topological polar surface area (TPSA) is 101 Å². The van der Waals surface area contributed by atoms with Crippen LogP contribution in [0.15, 0.2) is 24.3 Å². The van der Waals surface area contributed by atoms with E-state index in [4.69, 9.17) is 4.74 Å². The maximum absolute atomic E-state index is 12.6. The third kappa shape index (κ3) is 4.14. The molecule has 3 aromatic rings. The molecule has 1 aliphatic heterocycles. The highest BCUT2D eigenvalue weighted by atomic mass is 32.1. The molecule has 2 N–H and O–H groups in total. The molecule has 1 aromatic carbocycles. The third-order valence-corrected chi connectivity index (χ3v) is 6.16. The number of benzene rings is 1. The van der Waals surface area contributed by atoms with Crippen LogP contribution in [0, 0.1) is 6.92 Å². The third-order valence-electron chi connectivity index (χ3n) is 4.94. The number of imidazole rings is 1. The van der Waals surface area contributed by atoms with Crippen LogP contribution >= 0.6 is 11.3 Å².